The van der Waals surface area contributed by atoms with Crippen molar-refractivity contribution in [1.82, 2.24) is 9.88 Å². The van der Waals surface area contributed by atoms with E-state index in [9.17, 15) is 19.8 Å². The molecule has 0 bridgehead atoms. The molecule has 7 nitrogen and oxygen atoms in total. The summed E-state index contributed by atoms with van der Waals surface area (Å²) in [6, 6.07) is 7.25. The number of fused-ring (bicyclic) bond motifs is 5. The zero-order valence-corrected chi connectivity index (χ0v) is 16.8. The molecule has 0 amide bonds. The molecule has 1 unspecified atom stereocenters. The lowest BCUT2D eigenvalue weighted by atomic mass is 9.70. The Morgan fingerprint density at radius 2 is 2.10 bits per heavy atom. The van der Waals surface area contributed by atoms with Gasteiger partial charge in [-0.15, -0.1) is 0 Å². The number of aliphatic hydroxyl groups excluding tert-OH is 1. The van der Waals surface area contributed by atoms with Crippen molar-refractivity contribution in [3.05, 3.63) is 35.5 Å². The monoisotopic (exact) mass is 400 g/mol. The predicted molar refractivity (Wildman–Crippen MR) is 107 cm³/mol. The number of aromatic nitrogens is 1. The number of para-hydroxylation sites is 1. The molecule has 3 N–H and O–H groups in total. The Bertz CT molecular complexity index is 923. The lowest BCUT2D eigenvalue weighted by molar-refractivity contribution is -0.155. The van der Waals surface area contributed by atoms with Crippen LogP contribution in [0.25, 0.3) is 10.9 Å². The maximum absolute atomic E-state index is 12.3. The third-order valence-corrected chi connectivity index (χ3v) is 6.95. The number of hydrogen-bond acceptors (Lipinski definition) is 5. The second-order valence-corrected chi connectivity index (χ2v) is 8.21. The van der Waals surface area contributed by atoms with Gasteiger partial charge in [-0.05, 0) is 29.9 Å². The fourth-order valence-corrected chi connectivity index (χ4v) is 5.47. The Balaban J connectivity index is 1.79. The molecule has 0 saturated carbocycles. The van der Waals surface area contributed by atoms with Crippen LogP contribution < -0.4 is 0 Å². The average molecular weight is 400 g/mol. The number of nitrogens with zero attached hydrogens (tertiary/aromatic N) is 1. The van der Waals surface area contributed by atoms with Gasteiger partial charge in [-0.3, -0.25) is 14.5 Å². The molecule has 1 aromatic carbocycles. The molecule has 2 aromatic rings. The Morgan fingerprint density at radius 3 is 2.76 bits per heavy atom. The SMILES string of the molecule is CC[C@@H]1CN2[C@H](C(=O)O)Cc3c([nH]c4ccccc34)[C@@H]2C[C@@H]1C(CO)C(=O)OC. The van der Waals surface area contributed by atoms with Crippen molar-refractivity contribution >= 4 is 22.8 Å². The van der Waals surface area contributed by atoms with E-state index in [-0.39, 0.29) is 24.5 Å². The number of carbonyl (C=O) groups excluding carboxylic acids is 1. The van der Waals surface area contributed by atoms with E-state index in [1.165, 1.54) is 7.11 Å². The lowest BCUT2D eigenvalue weighted by Crippen LogP contribution is -2.55. The van der Waals surface area contributed by atoms with Crippen molar-refractivity contribution < 1.29 is 24.5 Å². The van der Waals surface area contributed by atoms with Gasteiger partial charge in [-0.25, -0.2) is 0 Å². The standard InChI is InChI=1S/C22H28N2O5/c1-3-12-10-24-18(8-14(12)16(11-25)22(28)29-2)20-15(9-19(24)21(26)27)13-6-4-5-7-17(13)23-20/h4-7,12,14,16,18-19,23,25H,3,8-11H2,1-2H3,(H,26,27)/t12-,14+,16?,18+,19+/m1/s1. The number of aromatic amines is 1. The number of H-pyrrole nitrogens is 1. The summed E-state index contributed by atoms with van der Waals surface area (Å²) in [5, 5.41) is 20.9. The number of piperidine rings is 1. The first-order valence-corrected chi connectivity index (χ1v) is 10.3. The quantitative estimate of drug-likeness (QED) is 0.666. The van der Waals surface area contributed by atoms with E-state index in [1.54, 1.807) is 0 Å². The summed E-state index contributed by atoms with van der Waals surface area (Å²) in [5.74, 6) is -1.75. The molecule has 7 heteroatoms. The van der Waals surface area contributed by atoms with Crippen LogP contribution in [0.2, 0.25) is 0 Å². The van der Waals surface area contributed by atoms with Gasteiger partial charge >= 0.3 is 11.9 Å². The fourth-order valence-electron chi connectivity index (χ4n) is 5.47. The summed E-state index contributed by atoms with van der Waals surface area (Å²) >= 11 is 0. The molecule has 0 aliphatic carbocycles. The number of benzene rings is 1. The van der Waals surface area contributed by atoms with Gasteiger partial charge in [-0.2, -0.15) is 0 Å². The van der Waals surface area contributed by atoms with E-state index < -0.39 is 23.9 Å². The number of nitrogens with one attached hydrogen (secondary N) is 1. The maximum Gasteiger partial charge on any atom is 0.321 e. The third-order valence-electron chi connectivity index (χ3n) is 6.95. The Kier molecular flexibility index (Phi) is 5.36. The molecule has 1 fully saturated rings. The number of carbonyl (C=O) groups is 2. The number of aliphatic carboxylic acids is 1. The minimum Gasteiger partial charge on any atom is -0.480 e. The first-order valence-electron chi connectivity index (χ1n) is 10.3. The van der Waals surface area contributed by atoms with Crippen LogP contribution >= 0.6 is 0 Å². The van der Waals surface area contributed by atoms with Gasteiger partial charge in [-0.1, -0.05) is 31.5 Å². The minimum absolute atomic E-state index is 0.0643. The van der Waals surface area contributed by atoms with Crippen molar-refractivity contribution in [2.75, 3.05) is 20.3 Å². The second-order valence-electron chi connectivity index (χ2n) is 8.21. The van der Waals surface area contributed by atoms with Gasteiger partial charge in [0.25, 0.3) is 0 Å². The fraction of sp³-hybridized carbons (Fsp3) is 0.545. The number of carboxylic acid groups (broad SMARTS) is 1. The van der Waals surface area contributed by atoms with Crippen LogP contribution in [0.4, 0.5) is 0 Å². The minimum atomic E-state index is -0.814. The highest BCUT2D eigenvalue weighted by Gasteiger charge is 2.48. The highest BCUT2D eigenvalue weighted by atomic mass is 16.5. The highest BCUT2D eigenvalue weighted by Crippen LogP contribution is 2.47. The first kappa shape index (κ1) is 19.9. The zero-order chi connectivity index (χ0) is 20.7. The van der Waals surface area contributed by atoms with Crippen LogP contribution in [-0.2, 0) is 20.7 Å². The normalized spacial score (nSPS) is 27.8. The zero-order valence-electron chi connectivity index (χ0n) is 16.8. The van der Waals surface area contributed by atoms with Crippen LogP contribution in [0.3, 0.4) is 0 Å². The molecule has 5 atom stereocenters. The number of esters is 1. The highest BCUT2D eigenvalue weighted by molar-refractivity contribution is 5.86. The van der Waals surface area contributed by atoms with Crippen molar-refractivity contribution in [3.8, 4) is 0 Å². The third kappa shape index (κ3) is 3.22. The summed E-state index contributed by atoms with van der Waals surface area (Å²) < 4.78 is 4.95. The van der Waals surface area contributed by atoms with Gasteiger partial charge in [0, 0.05) is 29.6 Å². The van der Waals surface area contributed by atoms with E-state index in [1.807, 2.05) is 24.3 Å². The molecule has 156 valence electrons. The maximum atomic E-state index is 12.3. The number of hydrogen-bond donors (Lipinski definition) is 3. The molecule has 1 aromatic heterocycles. The Morgan fingerprint density at radius 1 is 1.34 bits per heavy atom. The van der Waals surface area contributed by atoms with Crippen molar-refractivity contribution in [2.24, 2.45) is 17.8 Å². The predicted octanol–water partition coefficient (Wildman–Crippen LogP) is 2.35. The molecular weight excluding hydrogens is 372 g/mol. The second kappa shape index (κ2) is 7.80. The molecule has 29 heavy (non-hydrogen) atoms. The summed E-state index contributed by atoms with van der Waals surface area (Å²) in [5.41, 5.74) is 3.11. The van der Waals surface area contributed by atoms with E-state index in [0.717, 1.165) is 28.6 Å². The van der Waals surface area contributed by atoms with Crippen molar-refractivity contribution in [1.29, 1.82) is 0 Å². The molecule has 4 rings (SSSR count). The van der Waals surface area contributed by atoms with E-state index in [2.05, 4.69) is 16.8 Å². The molecule has 0 radical (unpaired) electrons. The van der Waals surface area contributed by atoms with Crippen LogP contribution in [0.5, 0.6) is 0 Å². The summed E-state index contributed by atoms with van der Waals surface area (Å²) in [6.45, 7) is 2.38. The Hall–Kier alpha value is -2.38. The van der Waals surface area contributed by atoms with Crippen LogP contribution in [0.15, 0.2) is 24.3 Å². The summed E-state index contributed by atoms with van der Waals surface area (Å²) in [6.07, 6.45) is 1.89. The van der Waals surface area contributed by atoms with Gasteiger partial charge in [0.05, 0.1) is 25.7 Å². The van der Waals surface area contributed by atoms with Crippen molar-refractivity contribution in [2.45, 2.75) is 38.3 Å². The van der Waals surface area contributed by atoms with Gasteiger partial charge in [0.2, 0.25) is 0 Å². The number of aliphatic hydroxyl groups is 1. The smallest absolute Gasteiger partial charge is 0.321 e. The number of ether oxygens (including phenoxy) is 1. The number of methoxy groups -OCH3 is 1. The van der Waals surface area contributed by atoms with E-state index >= 15 is 0 Å². The van der Waals surface area contributed by atoms with Crippen molar-refractivity contribution in [3.63, 3.8) is 0 Å². The number of rotatable bonds is 5. The molecule has 0 spiro atoms. The topological polar surface area (TPSA) is 103 Å². The molecular formula is C22H28N2O5. The van der Waals surface area contributed by atoms with Crippen LogP contribution in [-0.4, -0.2) is 58.3 Å². The van der Waals surface area contributed by atoms with Gasteiger partial charge < -0.3 is 19.9 Å². The Labute approximate surface area is 169 Å². The van der Waals surface area contributed by atoms with Gasteiger partial charge in [0.15, 0.2) is 0 Å². The van der Waals surface area contributed by atoms with E-state index in [4.69, 9.17) is 4.74 Å². The number of carboxylic acids is 1. The average Bonchev–Trinajstić information content (AvgIpc) is 3.11. The van der Waals surface area contributed by atoms with Gasteiger partial charge in [0.1, 0.15) is 6.04 Å². The molecule has 2 aliphatic heterocycles. The van der Waals surface area contributed by atoms with E-state index in [0.29, 0.717) is 19.4 Å². The molecule has 3 heterocycles. The van der Waals surface area contributed by atoms with Crippen LogP contribution in [0, 0.1) is 17.8 Å². The summed E-state index contributed by atoms with van der Waals surface area (Å²) in [7, 11) is 1.35. The molecule has 1 saturated heterocycles. The molecule has 2 aliphatic rings. The van der Waals surface area contributed by atoms with Crippen LogP contribution in [0.1, 0.15) is 37.1 Å². The summed E-state index contributed by atoms with van der Waals surface area (Å²) in [4.78, 5) is 30.1. The first-order chi connectivity index (χ1) is 14.0. The lowest BCUT2D eigenvalue weighted by Gasteiger charge is -2.49. The largest absolute Gasteiger partial charge is 0.480 e.